The van der Waals surface area contributed by atoms with Crippen molar-refractivity contribution < 1.29 is 29.0 Å². The van der Waals surface area contributed by atoms with E-state index in [1.54, 1.807) is 0 Å². The zero-order valence-electron chi connectivity index (χ0n) is 12.6. The first-order valence-corrected chi connectivity index (χ1v) is 6.17. The van der Waals surface area contributed by atoms with Crippen molar-refractivity contribution in [1.82, 2.24) is 0 Å². The van der Waals surface area contributed by atoms with Gasteiger partial charge >= 0.3 is 5.97 Å². The molecule has 1 aromatic carbocycles. The van der Waals surface area contributed by atoms with Gasteiger partial charge in [0.1, 0.15) is 0 Å². The third-order valence-corrected chi connectivity index (χ3v) is 2.60. The molecule has 0 unspecified atom stereocenters. The lowest BCUT2D eigenvalue weighted by Crippen LogP contribution is -2.20. The van der Waals surface area contributed by atoms with Gasteiger partial charge in [-0.2, -0.15) is 5.11 Å². The average molecular weight is 325 g/mol. The maximum Gasteiger partial charge on any atom is 0.362 e. The molecule has 0 heterocycles. The minimum atomic E-state index is -1.22. The number of hydrogen-bond donors (Lipinski definition) is 1. The van der Waals surface area contributed by atoms with Crippen LogP contribution in [0, 0.1) is 10.1 Å². The van der Waals surface area contributed by atoms with Crippen LogP contribution < -0.4 is 0 Å². The number of carbonyl (C=O) groups is 1. The van der Waals surface area contributed by atoms with Gasteiger partial charge in [-0.25, -0.2) is 4.79 Å². The molecule has 0 spiro atoms. The van der Waals surface area contributed by atoms with Gasteiger partial charge in [-0.05, 0) is 12.1 Å². The highest BCUT2D eigenvalue weighted by Gasteiger charge is 2.23. The molecular formula is C13H15N3O7. The Kier molecular flexibility index (Phi) is 6.77. The fourth-order valence-corrected chi connectivity index (χ4v) is 1.47. The quantitative estimate of drug-likeness (QED) is 0.154. The molecule has 10 nitrogen and oxygen atoms in total. The van der Waals surface area contributed by atoms with Crippen LogP contribution in [-0.4, -0.2) is 43.6 Å². The molecule has 0 aliphatic carbocycles. The third kappa shape index (κ3) is 4.83. The smallest absolute Gasteiger partial charge is 0.362 e. The highest BCUT2D eigenvalue weighted by molar-refractivity contribution is 5.88. The van der Waals surface area contributed by atoms with Crippen LogP contribution in [0.5, 0.6) is 0 Å². The molecule has 1 rings (SSSR count). The van der Waals surface area contributed by atoms with Gasteiger partial charge in [-0.1, -0.05) is 0 Å². The van der Waals surface area contributed by atoms with Crippen molar-refractivity contribution in [3.63, 3.8) is 0 Å². The van der Waals surface area contributed by atoms with E-state index in [1.165, 1.54) is 38.5 Å². The van der Waals surface area contributed by atoms with Crippen molar-refractivity contribution in [2.45, 2.75) is 6.29 Å². The van der Waals surface area contributed by atoms with Crippen LogP contribution in [0.15, 0.2) is 46.0 Å². The van der Waals surface area contributed by atoms with Crippen molar-refractivity contribution in [1.29, 1.82) is 0 Å². The number of nitro groups is 1. The zero-order chi connectivity index (χ0) is 17.4. The van der Waals surface area contributed by atoms with Crippen LogP contribution in [0.25, 0.3) is 0 Å². The first-order chi connectivity index (χ1) is 10.9. The van der Waals surface area contributed by atoms with E-state index in [-0.39, 0.29) is 11.4 Å². The van der Waals surface area contributed by atoms with E-state index < -0.39 is 28.6 Å². The number of aliphatic hydroxyl groups is 1. The predicted molar refractivity (Wildman–Crippen MR) is 77.1 cm³/mol. The lowest BCUT2D eigenvalue weighted by molar-refractivity contribution is -0.384. The molecule has 1 aromatic rings. The fourth-order valence-electron chi connectivity index (χ4n) is 1.47. The number of carbonyl (C=O) groups excluding carboxylic acids is 1. The largest absolute Gasteiger partial charge is 0.505 e. The second-order valence-electron chi connectivity index (χ2n) is 4.00. The average Bonchev–Trinajstić information content (AvgIpc) is 2.56. The van der Waals surface area contributed by atoms with Crippen molar-refractivity contribution in [3.05, 3.63) is 45.8 Å². The van der Waals surface area contributed by atoms with Crippen molar-refractivity contribution in [3.8, 4) is 0 Å². The summed E-state index contributed by atoms with van der Waals surface area (Å²) in [5, 5.41) is 27.8. The van der Waals surface area contributed by atoms with Crippen molar-refractivity contribution in [2.24, 2.45) is 10.2 Å². The molecule has 0 saturated heterocycles. The summed E-state index contributed by atoms with van der Waals surface area (Å²) < 4.78 is 14.1. The van der Waals surface area contributed by atoms with Crippen LogP contribution >= 0.6 is 0 Å². The van der Waals surface area contributed by atoms with Gasteiger partial charge in [0.15, 0.2) is 5.76 Å². The molecule has 0 aliphatic rings. The van der Waals surface area contributed by atoms with E-state index >= 15 is 0 Å². The van der Waals surface area contributed by atoms with Crippen LogP contribution in [0.4, 0.5) is 11.4 Å². The first kappa shape index (κ1) is 18.2. The van der Waals surface area contributed by atoms with Gasteiger partial charge in [-0.15, -0.1) is 5.11 Å². The summed E-state index contributed by atoms with van der Waals surface area (Å²) in [6.07, 6.45) is -1.22. The molecule has 0 bridgehead atoms. The number of ether oxygens (including phenoxy) is 3. The number of hydrogen-bond acceptors (Lipinski definition) is 9. The number of rotatable bonds is 7. The summed E-state index contributed by atoms with van der Waals surface area (Å²) in [7, 11) is 3.62. The minimum absolute atomic E-state index is 0.116. The van der Waals surface area contributed by atoms with E-state index in [0.29, 0.717) is 0 Å². The normalized spacial score (nSPS) is 12.3. The zero-order valence-corrected chi connectivity index (χ0v) is 12.6. The molecule has 124 valence electrons. The van der Waals surface area contributed by atoms with Crippen LogP contribution in [0.1, 0.15) is 0 Å². The van der Waals surface area contributed by atoms with Crippen LogP contribution in [-0.2, 0) is 19.0 Å². The lowest BCUT2D eigenvalue weighted by Gasteiger charge is -2.13. The minimum Gasteiger partial charge on any atom is -0.505 e. The molecule has 23 heavy (non-hydrogen) atoms. The maximum atomic E-state index is 11.7. The monoisotopic (exact) mass is 325 g/mol. The molecule has 0 amide bonds. The second kappa shape index (κ2) is 8.56. The molecule has 0 fully saturated rings. The van der Waals surface area contributed by atoms with Gasteiger partial charge in [0.25, 0.3) is 5.69 Å². The molecule has 0 aliphatic heterocycles. The number of aliphatic hydroxyl groups excluding tert-OH is 1. The Morgan fingerprint density at radius 3 is 2.22 bits per heavy atom. The van der Waals surface area contributed by atoms with Gasteiger partial charge in [0, 0.05) is 26.4 Å². The van der Waals surface area contributed by atoms with Crippen molar-refractivity contribution in [2.75, 3.05) is 21.3 Å². The number of nitro benzene ring substituents is 1. The summed E-state index contributed by atoms with van der Waals surface area (Å²) in [5.41, 5.74) is -0.398. The molecule has 0 aromatic heterocycles. The summed E-state index contributed by atoms with van der Waals surface area (Å²) in [4.78, 5) is 21.7. The highest BCUT2D eigenvalue weighted by Crippen LogP contribution is 2.20. The standard InChI is InChI=1S/C13H15N3O7/c1-21-12(18)10(11(17)13(22-2)23-3)15-14-8-4-6-9(7-5-8)16(19)20/h4-7,13,17H,1-3H3/b11-10-,15-14?. The van der Waals surface area contributed by atoms with E-state index in [0.717, 1.165) is 7.11 Å². The Morgan fingerprint density at radius 1 is 1.22 bits per heavy atom. The summed E-state index contributed by atoms with van der Waals surface area (Å²) in [5.74, 6) is -1.57. The van der Waals surface area contributed by atoms with Crippen molar-refractivity contribution >= 4 is 17.3 Å². The topological polar surface area (TPSA) is 133 Å². The molecule has 0 saturated carbocycles. The Balaban J connectivity index is 3.12. The van der Waals surface area contributed by atoms with Crippen LogP contribution in [0.3, 0.4) is 0 Å². The highest BCUT2D eigenvalue weighted by atomic mass is 16.7. The number of azo groups is 1. The summed E-state index contributed by atoms with van der Waals surface area (Å²) in [6.45, 7) is 0. The number of methoxy groups -OCH3 is 3. The number of nitrogens with zero attached hydrogens (tertiary/aromatic N) is 3. The third-order valence-electron chi connectivity index (χ3n) is 2.60. The first-order valence-electron chi connectivity index (χ1n) is 6.17. The summed E-state index contributed by atoms with van der Waals surface area (Å²) >= 11 is 0. The van der Waals surface area contributed by atoms with E-state index in [9.17, 15) is 20.0 Å². The molecular weight excluding hydrogens is 310 g/mol. The van der Waals surface area contributed by atoms with Gasteiger partial charge in [-0.3, -0.25) is 10.1 Å². The van der Waals surface area contributed by atoms with E-state index in [4.69, 9.17) is 9.47 Å². The van der Waals surface area contributed by atoms with Crippen LogP contribution in [0.2, 0.25) is 0 Å². The van der Waals surface area contributed by atoms with E-state index in [2.05, 4.69) is 15.0 Å². The Bertz CT molecular complexity index is 621. The maximum absolute atomic E-state index is 11.7. The second-order valence-corrected chi connectivity index (χ2v) is 4.00. The number of non-ortho nitro benzene ring substituents is 1. The summed E-state index contributed by atoms with van der Waals surface area (Å²) in [6, 6.07) is 5.11. The predicted octanol–water partition coefficient (Wildman–Crippen LogP) is 2.24. The fraction of sp³-hybridized carbons (Fsp3) is 0.308. The molecule has 1 N–H and O–H groups in total. The van der Waals surface area contributed by atoms with E-state index in [1.807, 2.05) is 0 Å². The Labute approximate surface area is 131 Å². The van der Waals surface area contributed by atoms with Gasteiger partial charge < -0.3 is 19.3 Å². The molecule has 0 atom stereocenters. The number of esters is 1. The lowest BCUT2D eigenvalue weighted by atomic mass is 10.3. The Hall–Kier alpha value is -2.85. The van der Waals surface area contributed by atoms with Gasteiger partial charge in [0.2, 0.25) is 12.0 Å². The number of benzene rings is 1. The van der Waals surface area contributed by atoms with Gasteiger partial charge in [0.05, 0.1) is 17.7 Å². The SMILES string of the molecule is COC(=O)/C(N=Nc1ccc([N+](=O)[O-])cc1)=C(/O)C(OC)OC. The molecule has 0 radical (unpaired) electrons. The molecule has 10 heteroatoms. The Morgan fingerprint density at radius 2 is 1.78 bits per heavy atom.